The van der Waals surface area contributed by atoms with Crippen molar-refractivity contribution in [3.63, 3.8) is 0 Å². The van der Waals surface area contributed by atoms with E-state index >= 15 is 0 Å². The maximum atomic E-state index is 4.22. The van der Waals surface area contributed by atoms with E-state index in [-0.39, 0.29) is 0 Å². The predicted octanol–water partition coefficient (Wildman–Crippen LogP) is 0.509. The van der Waals surface area contributed by atoms with E-state index in [1.54, 1.807) is 0 Å². The second kappa shape index (κ2) is 1.81. The molecule has 0 aliphatic carbocycles. The fraction of sp³-hybridized carbons (Fsp3) is 0.500. The number of hydrogen-bond donors (Lipinski definition) is 0. The number of rotatable bonds is 0. The van der Waals surface area contributed by atoms with Crippen molar-refractivity contribution in [3.8, 4) is 0 Å². The fourth-order valence-corrected chi connectivity index (χ4v) is 2.42. The van der Waals surface area contributed by atoms with Crippen LogP contribution in [0.5, 0.6) is 0 Å². The summed E-state index contributed by atoms with van der Waals surface area (Å²) in [6, 6.07) is 0. The molecule has 0 N–H and O–H groups in total. The van der Waals surface area contributed by atoms with E-state index in [2.05, 4.69) is 16.7 Å². The van der Waals surface area contributed by atoms with Gasteiger partial charge in [0, 0.05) is 6.54 Å². The van der Waals surface area contributed by atoms with Crippen molar-refractivity contribution in [2.24, 2.45) is 0 Å². The molecule has 48 valence electrons. The van der Waals surface area contributed by atoms with Crippen LogP contribution in [0.2, 0.25) is 0 Å². The SMILES string of the molecule is Cc1cnn2c1PCC2. The van der Waals surface area contributed by atoms with Crippen LogP contribution >= 0.6 is 8.58 Å². The highest BCUT2D eigenvalue weighted by Crippen LogP contribution is 2.18. The van der Waals surface area contributed by atoms with Gasteiger partial charge in [-0.1, -0.05) is 8.58 Å². The molecule has 3 heteroatoms. The zero-order valence-corrected chi connectivity index (χ0v) is 6.39. The highest BCUT2D eigenvalue weighted by molar-refractivity contribution is 7.47. The van der Waals surface area contributed by atoms with E-state index in [0.717, 1.165) is 15.1 Å². The van der Waals surface area contributed by atoms with Gasteiger partial charge in [0.25, 0.3) is 0 Å². The Kier molecular flexibility index (Phi) is 1.09. The Labute approximate surface area is 56.0 Å². The van der Waals surface area contributed by atoms with Crippen LogP contribution in [-0.4, -0.2) is 15.9 Å². The molecule has 1 atom stereocenters. The Hall–Kier alpha value is -0.360. The summed E-state index contributed by atoms with van der Waals surface area (Å²) in [7, 11) is 1.00. The number of nitrogens with zero attached hydrogens (tertiary/aromatic N) is 2. The molecule has 9 heavy (non-hydrogen) atoms. The molecule has 1 unspecified atom stereocenters. The van der Waals surface area contributed by atoms with Gasteiger partial charge in [-0.25, -0.2) is 0 Å². The molecule has 1 aromatic heterocycles. The van der Waals surface area contributed by atoms with Crippen LogP contribution in [0.4, 0.5) is 0 Å². The molecular formula is C6H9N2P. The molecular weight excluding hydrogens is 131 g/mol. The number of fused-ring (bicyclic) bond motifs is 1. The van der Waals surface area contributed by atoms with Crippen molar-refractivity contribution in [3.05, 3.63) is 11.8 Å². The minimum absolute atomic E-state index is 1.00. The Morgan fingerprint density at radius 1 is 1.78 bits per heavy atom. The average molecular weight is 140 g/mol. The molecule has 1 aliphatic heterocycles. The summed E-state index contributed by atoms with van der Waals surface area (Å²) in [6.07, 6.45) is 3.27. The third-order valence-electron chi connectivity index (χ3n) is 1.64. The summed E-state index contributed by atoms with van der Waals surface area (Å²) < 4.78 is 2.12. The van der Waals surface area contributed by atoms with Gasteiger partial charge in [0.1, 0.15) is 0 Å². The molecule has 2 nitrogen and oxygen atoms in total. The molecule has 2 rings (SSSR count). The standard InChI is InChI=1S/C6H9N2P/c1-5-4-7-8-2-3-9-6(5)8/h4,9H,2-3H2,1H3. The first-order valence-electron chi connectivity index (χ1n) is 3.14. The van der Waals surface area contributed by atoms with Gasteiger partial charge in [-0.3, -0.25) is 4.68 Å². The third-order valence-corrected chi connectivity index (χ3v) is 3.10. The van der Waals surface area contributed by atoms with Crippen LogP contribution in [-0.2, 0) is 6.54 Å². The lowest BCUT2D eigenvalue weighted by molar-refractivity contribution is 0.699. The van der Waals surface area contributed by atoms with Gasteiger partial charge >= 0.3 is 0 Å². The first kappa shape index (κ1) is 5.43. The van der Waals surface area contributed by atoms with Crippen LogP contribution in [0.1, 0.15) is 5.56 Å². The van der Waals surface area contributed by atoms with Crippen LogP contribution in [0.15, 0.2) is 6.20 Å². The van der Waals surface area contributed by atoms with E-state index in [4.69, 9.17) is 0 Å². The lowest BCUT2D eigenvalue weighted by Gasteiger charge is -1.90. The lowest BCUT2D eigenvalue weighted by Crippen LogP contribution is -2.06. The fourth-order valence-electron chi connectivity index (χ4n) is 1.16. The van der Waals surface area contributed by atoms with Gasteiger partial charge in [-0.2, -0.15) is 5.10 Å². The molecule has 0 aromatic carbocycles. The van der Waals surface area contributed by atoms with Crippen molar-refractivity contribution in [2.75, 3.05) is 6.16 Å². The quantitative estimate of drug-likeness (QED) is 0.480. The molecule has 0 spiro atoms. The average Bonchev–Trinajstić information content (AvgIpc) is 2.35. The lowest BCUT2D eigenvalue weighted by atomic mass is 10.4. The van der Waals surface area contributed by atoms with Gasteiger partial charge in [-0.15, -0.1) is 0 Å². The number of aromatic nitrogens is 2. The van der Waals surface area contributed by atoms with Crippen LogP contribution in [0.25, 0.3) is 0 Å². The highest BCUT2D eigenvalue weighted by atomic mass is 31.1. The predicted molar refractivity (Wildman–Crippen MR) is 39.8 cm³/mol. The maximum Gasteiger partial charge on any atom is 0.0610 e. The van der Waals surface area contributed by atoms with Crippen LogP contribution < -0.4 is 5.44 Å². The van der Waals surface area contributed by atoms with E-state index in [1.807, 2.05) is 6.20 Å². The van der Waals surface area contributed by atoms with E-state index < -0.39 is 0 Å². The smallest absolute Gasteiger partial charge is 0.0610 e. The van der Waals surface area contributed by atoms with Gasteiger partial charge in [-0.05, 0) is 18.6 Å². The van der Waals surface area contributed by atoms with Crippen molar-refractivity contribution < 1.29 is 0 Å². The molecule has 2 heterocycles. The molecule has 0 bridgehead atoms. The van der Waals surface area contributed by atoms with Gasteiger partial charge < -0.3 is 0 Å². The normalized spacial score (nSPS) is 18.8. The minimum Gasteiger partial charge on any atom is -0.265 e. The summed E-state index contributed by atoms with van der Waals surface area (Å²) >= 11 is 0. The van der Waals surface area contributed by atoms with Gasteiger partial charge in [0.2, 0.25) is 0 Å². The first-order chi connectivity index (χ1) is 4.38. The Morgan fingerprint density at radius 3 is 3.44 bits per heavy atom. The second-order valence-electron chi connectivity index (χ2n) is 2.33. The zero-order valence-electron chi connectivity index (χ0n) is 5.39. The Bertz CT molecular complexity index is 229. The van der Waals surface area contributed by atoms with E-state index in [1.165, 1.54) is 17.2 Å². The third kappa shape index (κ3) is 0.699. The Morgan fingerprint density at radius 2 is 2.67 bits per heavy atom. The monoisotopic (exact) mass is 140 g/mol. The van der Waals surface area contributed by atoms with Crippen LogP contribution in [0.3, 0.4) is 0 Å². The molecule has 1 aliphatic rings. The topological polar surface area (TPSA) is 17.8 Å². The molecule has 1 aromatic rings. The zero-order chi connectivity index (χ0) is 6.27. The van der Waals surface area contributed by atoms with Crippen molar-refractivity contribution in [2.45, 2.75) is 13.5 Å². The summed E-state index contributed by atoms with van der Waals surface area (Å²) in [5, 5.41) is 4.22. The summed E-state index contributed by atoms with van der Waals surface area (Å²) in [6.45, 7) is 3.28. The second-order valence-corrected chi connectivity index (χ2v) is 3.65. The van der Waals surface area contributed by atoms with E-state index in [0.29, 0.717) is 0 Å². The van der Waals surface area contributed by atoms with Crippen LogP contribution in [0, 0.1) is 6.92 Å². The summed E-state index contributed by atoms with van der Waals surface area (Å²) in [4.78, 5) is 0. The largest absolute Gasteiger partial charge is 0.265 e. The van der Waals surface area contributed by atoms with Crippen molar-refractivity contribution in [1.82, 2.24) is 9.78 Å². The minimum atomic E-state index is 1.00. The summed E-state index contributed by atoms with van der Waals surface area (Å²) in [5.74, 6) is 0. The molecule has 0 saturated heterocycles. The van der Waals surface area contributed by atoms with Gasteiger partial charge in [0.15, 0.2) is 0 Å². The molecule has 0 radical (unpaired) electrons. The van der Waals surface area contributed by atoms with Crippen molar-refractivity contribution >= 4 is 14.0 Å². The molecule has 0 saturated carbocycles. The van der Waals surface area contributed by atoms with Crippen molar-refractivity contribution in [1.29, 1.82) is 0 Å². The Balaban J connectivity index is 2.56. The number of hydrogen-bond acceptors (Lipinski definition) is 1. The first-order valence-corrected chi connectivity index (χ1v) is 4.35. The summed E-state index contributed by atoms with van der Waals surface area (Å²) in [5.41, 5.74) is 2.83. The van der Waals surface area contributed by atoms with Gasteiger partial charge in [0.05, 0.1) is 11.6 Å². The van der Waals surface area contributed by atoms with E-state index in [9.17, 15) is 0 Å². The molecule has 0 amide bonds. The molecule has 0 fully saturated rings. The maximum absolute atomic E-state index is 4.22. The number of aryl methyl sites for hydroxylation is 2. The highest BCUT2D eigenvalue weighted by Gasteiger charge is 2.12.